The molecule has 0 aromatic rings. The van der Waals surface area contributed by atoms with Crippen LogP contribution in [-0.4, -0.2) is 31.2 Å². The Bertz CT molecular complexity index is 372. The van der Waals surface area contributed by atoms with Gasteiger partial charge in [0.1, 0.15) is 6.10 Å². The van der Waals surface area contributed by atoms with Crippen LogP contribution in [0.2, 0.25) is 25.7 Å². The topological polar surface area (TPSA) is 63.6 Å². The molecule has 23 heavy (non-hydrogen) atoms. The summed E-state index contributed by atoms with van der Waals surface area (Å²) in [4.78, 5) is 22.2. The third kappa shape index (κ3) is 15.6. The van der Waals surface area contributed by atoms with Crippen LogP contribution in [0, 0.1) is 0 Å². The summed E-state index contributed by atoms with van der Waals surface area (Å²) in [5.41, 5.74) is 0. The first kappa shape index (κ1) is 21.9. The molecule has 0 saturated heterocycles. The first-order valence-electron chi connectivity index (χ1n) is 8.86. The molecule has 0 bridgehead atoms. The van der Waals surface area contributed by atoms with Crippen LogP contribution in [0.3, 0.4) is 0 Å². The lowest BCUT2D eigenvalue weighted by molar-refractivity contribution is -0.144. The van der Waals surface area contributed by atoms with Crippen LogP contribution < -0.4 is 0 Å². The van der Waals surface area contributed by atoms with Crippen molar-refractivity contribution < 1.29 is 19.4 Å². The lowest BCUT2D eigenvalue weighted by atomic mass is 10.1. The normalized spacial score (nSPS) is 13.2. The lowest BCUT2D eigenvalue weighted by Gasteiger charge is -2.22. The van der Waals surface area contributed by atoms with Gasteiger partial charge in [0.15, 0.2) is 0 Å². The van der Waals surface area contributed by atoms with Gasteiger partial charge in [0.05, 0.1) is 0 Å². The standard InChI is InChI=1S/C18H34O4Si/c1-5-6-7-8-9-10-11-16(14-15-23(2,3)4)22-18(21)13-12-17(19)20/h12-13,16H,5-11,14-15H2,1-4H3,(H,19,20)/b13-12+. The molecule has 0 radical (unpaired) electrons. The predicted molar refractivity (Wildman–Crippen MR) is 97.4 cm³/mol. The molecular weight excluding hydrogens is 308 g/mol. The van der Waals surface area contributed by atoms with Crippen molar-refractivity contribution >= 4 is 20.0 Å². The second-order valence-corrected chi connectivity index (χ2v) is 13.0. The van der Waals surface area contributed by atoms with Crippen LogP contribution in [0.1, 0.15) is 58.3 Å². The van der Waals surface area contributed by atoms with Gasteiger partial charge in [-0.2, -0.15) is 0 Å². The minimum atomic E-state index is -1.18. The van der Waals surface area contributed by atoms with E-state index in [1.54, 1.807) is 0 Å². The second kappa shape index (κ2) is 12.3. The molecule has 0 aliphatic heterocycles. The van der Waals surface area contributed by atoms with E-state index in [9.17, 15) is 9.59 Å². The molecule has 0 heterocycles. The summed E-state index contributed by atoms with van der Waals surface area (Å²) in [6.07, 6.45) is 10.8. The fraction of sp³-hybridized carbons (Fsp3) is 0.778. The summed E-state index contributed by atoms with van der Waals surface area (Å²) in [6.45, 7) is 9.12. The summed E-state index contributed by atoms with van der Waals surface area (Å²) in [6, 6.07) is 1.11. The largest absolute Gasteiger partial charge is 0.478 e. The highest BCUT2D eigenvalue weighted by Crippen LogP contribution is 2.19. The van der Waals surface area contributed by atoms with Crippen LogP contribution >= 0.6 is 0 Å². The SMILES string of the molecule is CCCCCCCCC(CC[Si](C)(C)C)OC(=O)/C=C/C(=O)O. The van der Waals surface area contributed by atoms with Crippen molar-refractivity contribution in [3.63, 3.8) is 0 Å². The Labute approximate surface area is 142 Å². The molecule has 1 N–H and O–H groups in total. The molecule has 0 aromatic carbocycles. The number of aliphatic carboxylic acids is 1. The molecule has 1 unspecified atom stereocenters. The summed E-state index contributed by atoms with van der Waals surface area (Å²) >= 11 is 0. The fourth-order valence-corrected chi connectivity index (χ4v) is 3.54. The minimum Gasteiger partial charge on any atom is -0.478 e. The van der Waals surface area contributed by atoms with Crippen LogP contribution in [0.5, 0.6) is 0 Å². The number of ether oxygens (including phenoxy) is 1. The van der Waals surface area contributed by atoms with Gasteiger partial charge in [0.25, 0.3) is 0 Å². The molecule has 0 aromatic heterocycles. The molecule has 0 rings (SSSR count). The van der Waals surface area contributed by atoms with Crippen LogP contribution in [0.4, 0.5) is 0 Å². The van der Waals surface area contributed by atoms with E-state index in [2.05, 4.69) is 26.6 Å². The van der Waals surface area contributed by atoms with Crippen molar-refractivity contribution in [1.82, 2.24) is 0 Å². The van der Waals surface area contributed by atoms with Crippen molar-refractivity contribution in [3.8, 4) is 0 Å². The molecule has 0 aliphatic carbocycles. The molecular formula is C18H34O4Si. The predicted octanol–water partition coefficient (Wildman–Crippen LogP) is 5.02. The Hall–Kier alpha value is -1.10. The minimum absolute atomic E-state index is 0.0844. The monoisotopic (exact) mass is 342 g/mol. The van der Waals surface area contributed by atoms with E-state index < -0.39 is 20.0 Å². The molecule has 0 aliphatic rings. The van der Waals surface area contributed by atoms with Crippen LogP contribution in [0.15, 0.2) is 12.2 Å². The van der Waals surface area contributed by atoms with Gasteiger partial charge < -0.3 is 9.84 Å². The maximum atomic E-state index is 11.7. The highest BCUT2D eigenvalue weighted by Gasteiger charge is 2.19. The fourth-order valence-electron chi connectivity index (χ4n) is 2.35. The lowest BCUT2D eigenvalue weighted by Crippen LogP contribution is -2.24. The van der Waals surface area contributed by atoms with E-state index >= 15 is 0 Å². The molecule has 0 fully saturated rings. The number of unbranched alkanes of at least 4 members (excludes halogenated alkanes) is 5. The van der Waals surface area contributed by atoms with E-state index in [0.717, 1.165) is 37.5 Å². The number of carboxylic acids is 1. The molecule has 0 amide bonds. The van der Waals surface area contributed by atoms with Gasteiger partial charge in [-0.05, 0) is 19.3 Å². The maximum absolute atomic E-state index is 11.7. The zero-order valence-corrected chi connectivity index (χ0v) is 16.3. The Kier molecular flexibility index (Phi) is 11.7. The number of carbonyl (C=O) groups excluding carboxylic acids is 1. The van der Waals surface area contributed by atoms with Crippen LogP contribution in [-0.2, 0) is 14.3 Å². The molecule has 5 heteroatoms. The van der Waals surface area contributed by atoms with Gasteiger partial charge in [-0.25, -0.2) is 9.59 Å². The number of carbonyl (C=O) groups is 2. The smallest absolute Gasteiger partial charge is 0.331 e. The molecule has 4 nitrogen and oxygen atoms in total. The summed E-state index contributed by atoms with van der Waals surface area (Å²) in [7, 11) is -1.18. The first-order valence-corrected chi connectivity index (χ1v) is 12.6. The molecule has 0 spiro atoms. The Morgan fingerprint density at radius 2 is 1.61 bits per heavy atom. The van der Waals surface area contributed by atoms with E-state index in [4.69, 9.17) is 9.84 Å². The molecule has 1 atom stereocenters. The van der Waals surface area contributed by atoms with E-state index in [-0.39, 0.29) is 6.10 Å². The number of hydrogen-bond donors (Lipinski definition) is 1. The van der Waals surface area contributed by atoms with Gasteiger partial charge in [-0.3, -0.25) is 0 Å². The Morgan fingerprint density at radius 1 is 1.00 bits per heavy atom. The number of carboxylic acid groups (broad SMARTS) is 1. The number of hydrogen-bond acceptors (Lipinski definition) is 3. The zero-order valence-electron chi connectivity index (χ0n) is 15.3. The van der Waals surface area contributed by atoms with Crippen molar-refractivity contribution in [2.75, 3.05) is 0 Å². The van der Waals surface area contributed by atoms with Gasteiger partial charge in [0.2, 0.25) is 0 Å². The average molecular weight is 343 g/mol. The molecule has 134 valence electrons. The maximum Gasteiger partial charge on any atom is 0.331 e. The van der Waals surface area contributed by atoms with Crippen molar-refractivity contribution in [3.05, 3.63) is 12.2 Å². The summed E-state index contributed by atoms with van der Waals surface area (Å²) < 4.78 is 5.46. The molecule has 0 saturated carbocycles. The van der Waals surface area contributed by atoms with Crippen molar-refractivity contribution in [1.29, 1.82) is 0 Å². The Morgan fingerprint density at radius 3 is 2.17 bits per heavy atom. The van der Waals surface area contributed by atoms with Crippen molar-refractivity contribution in [2.45, 2.75) is 90.1 Å². The Balaban J connectivity index is 4.27. The highest BCUT2D eigenvalue weighted by molar-refractivity contribution is 6.76. The average Bonchev–Trinajstić information content (AvgIpc) is 2.45. The third-order valence-corrected chi connectivity index (χ3v) is 5.53. The van der Waals surface area contributed by atoms with Crippen LogP contribution in [0.25, 0.3) is 0 Å². The van der Waals surface area contributed by atoms with Gasteiger partial charge >= 0.3 is 11.9 Å². The van der Waals surface area contributed by atoms with Crippen molar-refractivity contribution in [2.24, 2.45) is 0 Å². The van der Waals surface area contributed by atoms with Gasteiger partial charge in [-0.1, -0.05) is 64.7 Å². The summed E-state index contributed by atoms with van der Waals surface area (Å²) in [5, 5.41) is 8.56. The zero-order chi connectivity index (χ0) is 17.7. The quantitative estimate of drug-likeness (QED) is 0.221. The third-order valence-electron chi connectivity index (χ3n) is 3.74. The van der Waals surface area contributed by atoms with Gasteiger partial charge in [-0.15, -0.1) is 0 Å². The highest BCUT2D eigenvalue weighted by atomic mass is 28.3. The van der Waals surface area contributed by atoms with E-state index in [0.29, 0.717) is 0 Å². The summed E-state index contributed by atoms with van der Waals surface area (Å²) in [5.74, 6) is -1.67. The first-order chi connectivity index (χ1) is 10.7. The number of rotatable bonds is 13. The second-order valence-electron chi connectivity index (χ2n) is 7.39. The number of esters is 1. The van der Waals surface area contributed by atoms with Gasteiger partial charge in [0, 0.05) is 20.2 Å². The van der Waals surface area contributed by atoms with E-state index in [1.165, 1.54) is 32.1 Å². The van der Waals surface area contributed by atoms with E-state index in [1.807, 2.05) is 0 Å².